The molecule has 2 aliphatic heterocycles. The molecule has 1 amide bonds. The molecule has 0 radical (unpaired) electrons. The third-order valence-electron chi connectivity index (χ3n) is 6.03. The van der Waals surface area contributed by atoms with Crippen LogP contribution in [0.4, 0.5) is 5.82 Å². The molecule has 3 aromatic rings. The van der Waals surface area contributed by atoms with Crippen LogP contribution in [0.2, 0.25) is 0 Å². The van der Waals surface area contributed by atoms with Crippen molar-refractivity contribution in [1.82, 2.24) is 29.0 Å². The number of benzene rings is 1. The van der Waals surface area contributed by atoms with Gasteiger partial charge in [-0.25, -0.2) is 4.98 Å². The molecule has 4 heterocycles. The van der Waals surface area contributed by atoms with Crippen molar-refractivity contribution in [3.8, 4) is 0 Å². The number of hydrogen-bond donors (Lipinski definition) is 2. The first kappa shape index (κ1) is 20.4. The van der Waals surface area contributed by atoms with E-state index >= 15 is 0 Å². The topological polar surface area (TPSA) is 91.3 Å². The van der Waals surface area contributed by atoms with E-state index in [2.05, 4.69) is 37.1 Å². The number of imidazole rings is 1. The number of anilines is 1. The van der Waals surface area contributed by atoms with E-state index in [1.165, 1.54) is 18.5 Å². The lowest BCUT2D eigenvalue weighted by Crippen LogP contribution is -2.40. The van der Waals surface area contributed by atoms with Gasteiger partial charge in [0.1, 0.15) is 11.6 Å². The molecule has 2 fully saturated rings. The Hall–Kier alpha value is -3.24. The number of aromatic nitrogens is 4. The van der Waals surface area contributed by atoms with Crippen LogP contribution in [0.1, 0.15) is 40.6 Å². The van der Waals surface area contributed by atoms with Gasteiger partial charge >= 0.3 is 0 Å². The summed E-state index contributed by atoms with van der Waals surface area (Å²) in [6, 6.07) is 9.88. The lowest BCUT2D eigenvalue weighted by molar-refractivity contribution is 0.0303. The highest BCUT2D eigenvalue weighted by Gasteiger charge is 2.26. The SMILES string of the molecule is O=C(c1ccc(SN2C=C(Nc3cc(C4CC4)[nH]n3)n3ccnc3C2)cc1)N1CCOCC1. The Bertz CT molecular complexity index is 1180. The summed E-state index contributed by atoms with van der Waals surface area (Å²) in [5, 5.41) is 11.0. The average Bonchev–Trinajstić information content (AvgIpc) is 3.40. The Morgan fingerprint density at radius 3 is 2.79 bits per heavy atom. The maximum Gasteiger partial charge on any atom is 0.254 e. The molecule has 170 valence electrons. The number of H-pyrrole nitrogens is 1. The smallest absolute Gasteiger partial charge is 0.254 e. The molecule has 0 atom stereocenters. The molecule has 2 aromatic heterocycles. The Balaban J connectivity index is 1.16. The average molecular weight is 464 g/mol. The van der Waals surface area contributed by atoms with Crippen LogP contribution in [0.3, 0.4) is 0 Å². The quantitative estimate of drug-likeness (QED) is 0.542. The predicted molar refractivity (Wildman–Crippen MR) is 125 cm³/mol. The van der Waals surface area contributed by atoms with Gasteiger partial charge in [-0.1, -0.05) is 0 Å². The lowest BCUT2D eigenvalue weighted by atomic mass is 10.2. The van der Waals surface area contributed by atoms with Gasteiger partial charge in [0.2, 0.25) is 0 Å². The molecule has 10 heteroatoms. The number of fused-ring (bicyclic) bond motifs is 1. The second-order valence-electron chi connectivity index (χ2n) is 8.43. The second kappa shape index (κ2) is 8.60. The van der Waals surface area contributed by atoms with Crippen LogP contribution in [-0.4, -0.2) is 61.2 Å². The molecule has 1 saturated carbocycles. The summed E-state index contributed by atoms with van der Waals surface area (Å²) in [5.41, 5.74) is 1.90. The fourth-order valence-electron chi connectivity index (χ4n) is 4.08. The van der Waals surface area contributed by atoms with Gasteiger partial charge in [0.25, 0.3) is 5.91 Å². The van der Waals surface area contributed by atoms with E-state index in [-0.39, 0.29) is 5.91 Å². The minimum atomic E-state index is 0.0609. The first-order valence-corrected chi connectivity index (χ1v) is 12.0. The van der Waals surface area contributed by atoms with Crippen molar-refractivity contribution in [3.63, 3.8) is 0 Å². The summed E-state index contributed by atoms with van der Waals surface area (Å²) in [4.78, 5) is 20.1. The summed E-state index contributed by atoms with van der Waals surface area (Å²) in [6.07, 6.45) is 8.30. The number of ether oxygens (including phenoxy) is 1. The second-order valence-corrected chi connectivity index (χ2v) is 9.55. The molecular weight excluding hydrogens is 438 g/mol. The number of carbonyl (C=O) groups is 1. The molecule has 1 aromatic carbocycles. The molecule has 0 unspecified atom stereocenters. The van der Waals surface area contributed by atoms with Crippen molar-refractivity contribution in [2.45, 2.75) is 30.2 Å². The van der Waals surface area contributed by atoms with Gasteiger partial charge in [-0.3, -0.25) is 14.5 Å². The maximum absolute atomic E-state index is 12.7. The fourth-order valence-corrected chi connectivity index (χ4v) is 4.94. The van der Waals surface area contributed by atoms with E-state index in [1.807, 2.05) is 46.1 Å². The van der Waals surface area contributed by atoms with E-state index in [4.69, 9.17) is 4.74 Å². The monoisotopic (exact) mass is 463 g/mol. The molecule has 9 nitrogen and oxygen atoms in total. The number of carbonyl (C=O) groups excluding carboxylic acids is 1. The number of nitrogens with one attached hydrogen (secondary N) is 2. The van der Waals surface area contributed by atoms with Crippen LogP contribution < -0.4 is 5.32 Å². The van der Waals surface area contributed by atoms with Crippen molar-refractivity contribution in [1.29, 1.82) is 0 Å². The zero-order chi connectivity index (χ0) is 22.2. The van der Waals surface area contributed by atoms with Crippen molar-refractivity contribution in [2.75, 3.05) is 31.6 Å². The Kier molecular flexibility index (Phi) is 5.31. The summed E-state index contributed by atoms with van der Waals surface area (Å²) in [7, 11) is 0. The standard InChI is InChI=1S/C23H25N7O2S/c31-23(28-9-11-32-12-10-28)17-3-5-18(6-4-17)33-29-14-21-24-7-8-30(21)22(15-29)25-20-13-19(26-27-20)16-1-2-16/h3-8,13,15-16H,1-2,9-12,14H2,(H2,25,26,27). The molecule has 3 aliphatic rings. The third-order valence-corrected chi connectivity index (χ3v) is 6.99. The Labute approximate surface area is 195 Å². The summed E-state index contributed by atoms with van der Waals surface area (Å²) >= 11 is 1.61. The van der Waals surface area contributed by atoms with Crippen LogP contribution in [-0.2, 0) is 11.3 Å². The molecule has 2 N–H and O–H groups in total. The van der Waals surface area contributed by atoms with Crippen molar-refractivity contribution < 1.29 is 9.53 Å². The zero-order valence-electron chi connectivity index (χ0n) is 18.1. The zero-order valence-corrected chi connectivity index (χ0v) is 18.9. The van der Waals surface area contributed by atoms with E-state index < -0.39 is 0 Å². The first-order valence-electron chi connectivity index (χ1n) is 11.2. The minimum Gasteiger partial charge on any atom is -0.378 e. The van der Waals surface area contributed by atoms with Crippen molar-refractivity contribution >= 4 is 29.5 Å². The first-order chi connectivity index (χ1) is 16.2. The predicted octanol–water partition coefficient (Wildman–Crippen LogP) is 3.35. The number of aromatic amines is 1. The van der Waals surface area contributed by atoms with Crippen LogP contribution >= 0.6 is 11.9 Å². The number of amides is 1. The van der Waals surface area contributed by atoms with Gasteiger partial charge in [0, 0.05) is 53.6 Å². The van der Waals surface area contributed by atoms with Crippen LogP contribution in [0.15, 0.2) is 53.8 Å². The number of rotatable bonds is 6. The molecular formula is C23H25N7O2S. The highest BCUT2D eigenvalue weighted by molar-refractivity contribution is 7.97. The fraction of sp³-hybridized carbons (Fsp3) is 0.348. The van der Waals surface area contributed by atoms with E-state index in [9.17, 15) is 4.79 Å². The van der Waals surface area contributed by atoms with Crippen LogP contribution in [0.25, 0.3) is 5.82 Å². The van der Waals surface area contributed by atoms with Crippen LogP contribution in [0, 0.1) is 0 Å². The molecule has 0 bridgehead atoms. The van der Waals surface area contributed by atoms with Crippen LogP contribution in [0.5, 0.6) is 0 Å². The molecule has 0 spiro atoms. The van der Waals surface area contributed by atoms with Gasteiger partial charge in [0.05, 0.1) is 26.0 Å². The molecule has 6 rings (SSSR count). The van der Waals surface area contributed by atoms with Gasteiger partial charge in [-0.15, -0.1) is 0 Å². The highest BCUT2D eigenvalue weighted by atomic mass is 32.2. The van der Waals surface area contributed by atoms with E-state index in [0.717, 1.165) is 22.4 Å². The molecule has 1 saturated heterocycles. The van der Waals surface area contributed by atoms with Crippen molar-refractivity contribution in [3.05, 3.63) is 66.0 Å². The largest absolute Gasteiger partial charge is 0.378 e. The number of morpholine rings is 1. The Morgan fingerprint density at radius 2 is 2.00 bits per heavy atom. The number of hydrogen-bond acceptors (Lipinski definition) is 7. The van der Waals surface area contributed by atoms with Gasteiger partial charge in [0.15, 0.2) is 5.82 Å². The van der Waals surface area contributed by atoms with Crippen molar-refractivity contribution in [2.24, 2.45) is 0 Å². The lowest BCUT2D eigenvalue weighted by Gasteiger charge is -2.27. The summed E-state index contributed by atoms with van der Waals surface area (Å²) < 4.78 is 9.53. The van der Waals surface area contributed by atoms with E-state index in [0.29, 0.717) is 44.3 Å². The van der Waals surface area contributed by atoms with Gasteiger partial charge < -0.3 is 19.3 Å². The summed E-state index contributed by atoms with van der Waals surface area (Å²) in [6.45, 7) is 3.18. The number of nitrogens with zero attached hydrogens (tertiary/aromatic N) is 5. The normalized spacial score (nSPS) is 18.1. The molecule has 1 aliphatic carbocycles. The van der Waals surface area contributed by atoms with Gasteiger partial charge in [-0.05, 0) is 49.1 Å². The highest BCUT2D eigenvalue weighted by Crippen LogP contribution is 2.39. The maximum atomic E-state index is 12.7. The minimum absolute atomic E-state index is 0.0609. The molecule has 33 heavy (non-hydrogen) atoms. The van der Waals surface area contributed by atoms with E-state index in [1.54, 1.807) is 11.9 Å². The summed E-state index contributed by atoms with van der Waals surface area (Å²) in [5.74, 6) is 3.34. The Morgan fingerprint density at radius 1 is 1.18 bits per heavy atom. The third kappa shape index (κ3) is 4.36. The van der Waals surface area contributed by atoms with Gasteiger partial charge in [-0.2, -0.15) is 5.10 Å².